The summed E-state index contributed by atoms with van der Waals surface area (Å²) in [6.45, 7) is 5.83. The molecule has 28 heavy (non-hydrogen) atoms. The third-order valence-corrected chi connectivity index (χ3v) is 6.00. The summed E-state index contributed by atoms with van der Waals surface area (Å²) < 4.78 is 19.0. The number of aliphatic imine (C=N–C) groups is 1. The Bertz CT molecular complexity index is 890. The molecule has 2 fully saturated rings. The van der Waals surface area contributed by atoms with Gasteiger partial charge in [0.1, 0.15) is 18.2 Å². The second-order valence-electron chi connectivity index (χ2n) is 7.94. The molecule has 1 N–H and O–H groups in total. The van der Waals surface area contributed by atoms with Gasteiger partial charge in [0.05, 0.1) is 24.5 Å². The van der Waals surface area contributed by atoms with Crippen LogP contribution in [-0.2, 0) is 0 Å². The van der Waals surface area contributed by atoms with Crippen molar-refractivity contribution in [1.82, 2.24) is 15.1 Å². The summed E-state index contributed by atoms with van der Waals surface area (Å²) in [5.74, 6) is 1.10. The number of guanidine groups is 1. The average molecular weight is 406 g/mol. The molecule has 5 rings (SSSR count). The summed E-state index contributed by atoms with van der Waals surface area (Å²) >= 11 is 6.03. The van der Waals surface area contributed by atoms with Gasteiger partial charge in [-0.1, -0.05) is 11.6 Å². The van der Waals surface area contributed by atoms with E-state index in [1.165, 1.54) is 6.20 Å². The predicted molar refractivity (Wildman–Crippen MR) is 104 cm³/mol. The molecule has 1 atom stereocenters. The number of amides is 2. The van der Waals surface area contributed by atoms with Crippen molar-refractivity contribution in [3.63, 3.8) is 0 Å². The van der Waals surface area contributed by atoms with Gasteiger partial charge in [0.2, 0.25) is 0 Å². The molecule has 0 bridgehead atoms. The van der Waals surface area contributed by atoms with E-state index >= 15 is 0 Å². The monoisotopic (exact) mass is 405 g/mol. The number of urea groups is 1. The largest absolute Gasteiger partial charge is 0.489 e. The van der Waals surface area contributed by atoms with Crippen molar-refractivity contribution in [2.75, 3.05) is 44.2 Å². The zero-order valence-electron chi connectivity index (χ0n) is 15.5. The summed E-state index contributed by atoms with van der Waals surface area (Å²) in [4.78, 5) is 22.9. The van der Waals surface area contributed by atoms with Crippen molar-refractivity contribution in [1.29, 1.82) is 0 Å². The van der Waals surface area contributed by atoms with Gasteiger partial charge in [0.15, 0.2) is 5.96 Å². The van der Waals surface area contributed by atoms with E-state index in [0.29, 0.717) is 29.9 Å². The molecule has 2 amide bonds. The molecule has 0 aliphatic carbocycles. The Morgan fingerprint density at radius 1 is 1.36 bits per heavy atom. The van der Waals surface area contributed by atoms with E-state index in [9.17, 15) is 9.18 Å². The van der Waals surface area contributed by atoms with Crippen molar-refractivity contribution in [3.05, 3.63) is 35.2 Å². The SMILES string of the molecule is CC1NC(N2CC3(CN(C(=O)N4CCOc5cc(Cl)ccc54)C3)C2)=NC=C1F. The van der Waals surface area contributed by atoms with Gasteiger partial charge in [-0.3, -0.25) is 4.90 Å². The lowest BCUT2D eigenvalue weighted by atomic mass is 9.73. The van der Waals surface area contributed by atoms with Crippen LogP contribution in [0.3, 0.4) is 0 Å². The van der Waals surface area contributed by atoms with Crippen LogP contribution in [0.5, 0.6) is 5.75 Å². The fourth-order valence-electron chi connectivity index (χ4n) is 4.28. The zero-order chi connectivity index (χ0) is 19.5. The molecule has 4 aliphatic heterocycles. The highest BCUT2D eigenvalue weighted by Crippen LogP contribution is 2.42. The second-order valence-corrected chi connectivity index (χ2v) is 8.38. The first-order valence-electron chi connectivity index (χ1n) is 9.38. The molecule has 0 radical (unpaired) electrons. The number of hydrogen-bond donors (Lipinski definition) is 1. The number of fused-ring (bicyclic) bond motifs is 1. The Kier molecular flexibility index (Phi) is 3.94. The van der Waals surface area contributed by atoms with Crippen LogP contribution in [0.25, 0.3) is 0 Å². The number of hydrogen-bond acceptors (Lipinski definition) is 5. The molecule has 1 aromatic rings. The number of likely N-dealkylation sites (tertiary alicyclic amines) is 2. The van der Waals surface area contributed by atoms with E-state index in [0.717, 1.165) is 31.9 Å². The van der Waals surface area contributed by atoms with Gasteiger partial charge < -0.3 is 19.9 Å². The minimum Gasteiger partial charge on any atom is -0.489 e. The van der Waals surface area contributed by atoms with Gasteiger partial charge in [0.25, 0.3) is 0 Å². The highest BCUT2D eigenvalue weighted by Gasteiger charge is 2.55. The maximum atomic E-state index is 13.4. The third-order valence-electron chi connectivity index (χ3n) is 5.76. The Labute approximate surface area is 167 Å². The maximum Gasteiger partial charge on any atom is 0.324 e. The van der Waals surface area contributed by atoms with Crippen LogP contribution in [0.4, 0.5) is 14.9 Å². The number of ether oxygens (including phenoxy) is 1. The van der Waals surface area contributed by atoms with E-state index < -0.39 is 0 Å². The number of carbonyl (C=O) groups excluding carboxylic acids is 1. The van der Waals surface area contributed by atoms with Crippen LogP contribution < -0.4 is 15.0 Å². The molecule has 1 unspecified atom stereocenters. The van der Waals surface area contributed by atoms with Gasteiger partial charge >= 0.3 is 6.03 Å². The van der Waals surface area contributed by atoms with E-state index in [1.807, 2.05) is 11.0 Å². The normalized spacial score (nSPS) is 25.0. The maximum absolute atomic E-state index is 13.4. The third kappa shape index (κ3) is 2.78. The second kappa shape index (κ2) is 6.27. The summed E-state index contributed by atoms with van der Waals surface area (Å²) in [5, 5.41) is 3.67. The van der Waals surface area contributed by atoms with Gasteiger partial charge in [-0.2, -0.15) is 0 Å². The predicted octanol–water partition coefficient (Wildman–Crippen LogP) is 2.44. The Morgan fingerprint density at radius 3 is 2.89 bits per heavy atom. The van der Waals surface area contributed by atoms with Gasteiger partial charge in [0, 0.05) is 42.7 Å². The highest BCUT2D eigenvalue weighted by molar-refractivity contribution is 6.30. The Hall–Kier alpha value is -2.48. The lowest BCUT2D eigenvalue weighted by Crippen LogP contribution is -2.75. The molecule has 1 aromatic carbocycles. The first-order chi connectivity index (χ1) is 13.4. The van der Waals surface area contributed by atoms with Crippen LogP contribution in [0.2, 0.25) is 5.02 Å². The molecular weight excluding hydrogens is 385 g/mol. The molecule has 148 valence electrons. The average Bonchev–Trinajstić information content (AvgIpc) is 2.61. The molecule has 0 saturated carbocycles. The number of nitrogens with zero attached hydrogens (tertiary/aromatic N) is 4. The molecule has 4 heterocycles. The zero-order valence-corrected chi connectivity index (χ0v) is 16.2. The van der Waals surface area contributed by atoms with Crippen molar-refractivity contribution < 1.29 is 13.9 Å². The highest BCUT2D eigenvalue weighted by atomic mass is 35.5. The summed E-state index contributed by atoms with van der Waals surface area (Å²) in [6, 6.07) is 5.00. The van der Waals surface area contributed by atoms with Crippen molar-refractivity contribution in [2.24, 2.45) is 10.4 Å². The van der Waals surface area contributed by atoms with E-state index in [-0.39, 0.29) is 23.3 Å². The molecule has 1 spiro atoms. The summed E-state index contributed by atoms with van der Waals surface area (Å²) in [6.07, 6.45) is 1.28. The molecule has 2 saturated heterocycles. The van der Waals surface area contributed by atoms with Crippen molar-refractivity contribution >= 4 is 29.3 Å². The number of rotatable bonds is 0. The molecule has 9 heteroatoms. The molecule has 7 nitrogen and oxygen atoms in total. The number of nitrogens with one attached hydrogen (secondary N) is 1. The smallest absolute Gasteiger partial charge is 0.324 e. The fourth-order valence-corrected chi connectivity index (χ4v) is 4.44. The van der Waals surface area contributed by atoms with E-state index in [1.54, 1.807) is 24.0 Å². The molecular formula is C19H21ClFN5O2. The van der Waals surface area contributed by atoms with E-state index in [4.69, 9.17) is 16.3 Å². The molecule has 0 aromatic heterocycles. The van der Waals surface area contributed by atoms with Crippen LogP contribution in [0.15, 0.2) is 35.2 Å². The van der Waals surface area contributed by atoms with Crippen LogP contribution in [-0.4, -0.2) is 67.2 Å². The van der Waals surface area contributed by atoms with Crippen molar-refractivity contribution in [3.8, 4) is 5.75 Å². The summed E-state index contributed by atoms with van der Waals surface area (Å²) in [5.41, 5.74) is 0.873. The minimum atomic E-state index is -0.349. The quantitative estimate of drug-likeness (QED) is 0.720. The fraction of sp³-hybridized carbons (Fsp3) is 0.474. The van der Waals surface area contributed by atoms with E-state index in [2.05, 4.69) is 15.2 Å². The number of halogens is 2. The minimum absolute atomic E-state index is 0.00251. The first kappa shape index (κ1) is 17.6. The van der Waals surface area contributed by atoms with Gasteiger partial charge in [-0.15, -0.1) is 0 Å². The number of carbonyl (C=O) groups is 1. The Morgan fingerprint density at radius 2 is 2.14 bits per heavy atom. The number of anilines is 1. The topological polar surface area (TPSA) is 60.4 Å². The first-order valence-corrected chi connectivity index (χ1v) is 9.76. The van der Waals surface area contributed by atoms with Gasteiger partial charge in [-0.05, 0) is 19.1 Å². The molecule has 4 aliphatic rings. The number of benzene rings is 1. The van der Waals surface area contributed by atoms with Crippen LogP contribution >= 0.6 is 11.6 Å². The summed E-state index contributed by atoms with van der Waals surface area (Å²) in [7, 11) is 0. The van der Waals surface area contributed by atoms with Crippen LogP contribution in [0.1, 0.15) is 6.92 Å². The standard InChI is InChI=1S/C19H21ClFN5O2/c1-12-14(21)7-22-17(23-12)24-8-19(9-24)10-25(11-19)18(27)26-4-5-28-16-6-13(20)2-3-15(16)26/h2-3,6-7,12H,4-5,8-11H2,1H3,(H,22,23). The lowest BCUT2D eigenvalue weighted by molar-refractivity contribution is -0.0637. The van der Waals surface area contributed by atoms with Crippen molar-refractivity contribution in [2.45, 2.75) is 13.0 Å². The lowest BCUT2D eigenvalue weighted by Gasteiger charge is -2.61. The Balaban J connectivity index is 1.20. The van der Waals surface area contributed by atoms with Crippen LogP contribution in [0, 0.1) is 5.41 Å². The van der Waals surface area contributed by atoms with Gasteiger partial charge in [-0.25, -0.2) is 14.2 Å².